The highest BCUT2D eigenvalue weighted by Crippen LogP contribution is 2.25. The number of halogens is 2. The molecule has 6 heteroatoms. The Balaban J connectivity index is 2.81. The zero-order valence-corrected chi connectivity index (χ0v) is 10.3. The number of aliphatic carboxylic acids is 1. The Labute approximate surface area is 108 Å². The van der Waals surface area contributed by atoms with Crippen LogP contribution in [0.2, 0.25) is 10.0 Å². The molecular formula is C11H9Cl2NO3. The van der Waals surface area contributed by atoms with Gasteiger partial charge in [0.15, 0.2) is 0 Å². The van der Waals surface area contributed by atoms with E-state index in [9.17, 15) is 9.59 Å². The largest absolute Gasteiger partial charge is 0.478 e. The van der Waals surface area contributed by atoms with Crippen LogP contribution in [0.4, 0.5) is 5.69 Å². The van der Waals surface area contributed by atoms with Crippen LogP contribution in [-0.2, 0) is 9.59 Å². The van der Waals surface area contributed by atoms with Gasteiger partial charge in [0.1, 0.15) is 0 Å². The number of amides is 1. The number of hydrogen-bond acceptors (Lipinski definition) is 2. The zero-order valence-electron chi connectivity index (χ0n) is 8.83. The molecule has 0 unspecified atom stereocenters. The molecule has 1 rings (SSSR count). The Kier molecular flexibility index (Phi) is 4.54. The first-order chi connectivity index (χ1) is 7.90. The molecule has 0 bridgehead atoms. The smallest absolute Gasteiger partial charge is 0.328 e. The molecule has 0 aliphatic heterocycles. The van der Waals surface area contributed by atoms with Crippen LogP contribution in [0, 0.1) is 0 Å². The maximum atomic E-state index is 11.5. The van der Waals surface area contributed by atoms with Crippen molar-refractivity contribution in [1.82, 2.24) is 0 Å². The third-order valence-electron chi connectivity index (χ3n) is 1.88. The van der Waals surface area contributed by atoms with Crippen molar-refractivity contribution in [2.24, 2.45) is 0 Å². The Morgan fingerprint density at radius 2 is 1.94 bits per heavy atom. The zero-order chi connectivity index (χ0) is 13.0. The minimum atomic E-state index is -1.17. The van der Waals surface area contributed by atoms with E-state index in [-0.39, 0.29) is 5.57 Å². The van der Waals surface area contributed by atoms with Gasteiger partial charge in [-0.1, -0.05) is 23.2 Å². The van der Waals surface area contributed by atoms with Gasteiger partial charge in [0, 0.05) is 17.3 Å². The third-order valence-corrected chi connectivity index (χ3v) is 2.61. The van der Waals surface area contributed by atoms with E-state index in [1.807, 2.05) is 0 Å². The molecular weight excluding hydrogens is 265 g/mol. The van der Waals surface area contributed by atoms with Gasteiger partial charge in [0.2, 0.25) is 0 Å². The van der Waals surface area contributed by atoms with E-state index in [0.717, 1.165) is 6.08 Å². The van der Waals surface area contributed by atoms with Crippen LogP contribution >= 0.6 is 23.2 Å². The standard InChI is InChI=1S/C11H9Cl2NO3/c1-6(4-10(15)16)11(17)14-7-2-3-8(12)9(13)5-7/h2-5H,1H3,(H,14,17)(H,15,16)/b6-4+. The minimum Gasteiger partial charge on any atom is -0.478 e. The molecule has 17 heavy (non-hydrogen) atoms. The first-order valence-electron chi connectivity index (χ1n) is 4.58. The van der Waals surface area contributed by atoms with Crippen molar-refractivity contribution in [3.05, 3.63) is 39.9 Å². The summed E-state index contributed by atoms with van der Waals surface area (Å²) in [6.45, 7) is 1.40. The number of hydrogen-bond donors (Lipinski definition) is 2. The van der Waals surface area contributed by atoms with Crippen molar-refractivity contribution in [2.45, 2.75) is 6.92 Å². The normalized spacial score (nSPS) is 11.1. The summed E-state index contributed by atoms with van der Waals surface area (Å²) in [7, 11) is 0. The van der Waals surface area contributed by atoms with E-state index in [0.29, 0.717) is 15.7 Å². The lowest BCUT2D eigenvalue weighted by Gasteiger charge is -2.06. The summed E-state index contributed by atoms with van der Waals surface area (Å²) in [5, 5.41) is 11.7. The molecule has 4 nitrogen and oxygen atoms in total. The number of carbonyl (C=O) groups is 2. The van der Waals surface area contributed by atoms with Gasteiger partial charge in [0.05, 0.1) is 10.0 Å². The molecule has 0 aromatic heterocycles. The molecule has 0 aliphatic carbocycles. The molecule has 0 radical (unpaired) electrons. The first-order valence-corrected chi connectivity index (χ1v) is 5.33. The van der Waals surface area contributed by atoms with Crippen LogP contribution < -0.4 is 5.32 Å². The summed E-state index contributed by atoms with van der Waals surface area (Å²) in [6, 6.07) is 4.59. The maximum Gasteiger partial charge on any atom is 0.328 e. The fraction of sp³-hybridized carbons (Fsp3) is 0.0909. The predicted octanol–water partition coefficient (Wildman–Crippen LogP) is 2.96. The van der Waals surface area contributed by atoms with Crippen molar-refractivity contribution < 1.29 is 14.7 Å². The SMILES string of the molecule is C/C(=C\C(=O)O)C(=O)Nc1ccc(Cl)c(Cl)c1. The van der Waals surface area contributed by atoms with Crippen molar-refractivity contribution >= 4 is 40.8 Å². The van der Waals surface area contributed by atoms with Crippen molar-refractivity contribution in [2.75, 3.05) is 5.32 Å². The van der Waals surface area contributed by atoms with Crippen LogP contribution in [0.25, 0.3) is 0 Å². The summed E-state index contributed by atoms with van der Waals surface area (Å²) in [5.74, 6) is -1.68. The number of anilines is 1. The lowest BCUT2D eigenvalue weighted by atomic mass is 10.2. The van der Waals surface area contributed by atoms with Gasteiger partial charge < -0.3 is 10.4 Å². The van der Waals surface area contributed by atoms with E-state index >= 15 is 0 Å². The fourth-order valence-corrected chi connectivity index (χ4v) is 1.35. The molecule has 0 saturated heterocycles. The van der Waals surface area contributed by atoms with E-state index in [1.165, 1.54) is 19.1 Å². The van der Waals surface area contributed by atoms with Crippen molar-refractivity contribution in [3.63, 3.8) is 0 Å². The first kappa shape index (κ1) is 13.5. The van der Waals surface area contributed by atoms with Gasteiger partial charge in [-0.15, -0.1) is 0 Å². The average Bonchev–Trinajstić information content (AvgIpc) is 2.22. The Morgan fingerprint density at radius 1 is 1.29 bits per heavy atom. The van der Waals surface area contributed by atoms with Crippen LogP contribution in [-0.4, -0.2) is 17.0 Å². The second kappa shape index (κ2) is 5.70. The van der Waals surface area contributed by atoms with Gasteiger partial charge in [-0.3, -0.25) is 4.79 Å². The van der Waals surface area contributed by atoms with Gasteiger partial charge in [0.25, 0.3) is 5.91 Å². The van der Waals surface area contributed by atoms with Crippen LogP contribution in [0.15, 0.2) is 29.8 Å². The number of carboxylic acids is 1. The highest BCUT2D eigenvalue weighted by molar-refractivity contribution is 6.42. The van der Waals surface area contributed by atoms with Gasteiger partial charge >= 0.3 is 5.97 Å². The van der Waals surface area contributed by atoms with Gasteiger partial charge in [-0.2, -0.15) is 0 Å². The molecule has 1 aromatic carbocycles. The van der Waals surface area contributed by atoms with Crippen molar-refractivity contribution in [1.29, 1.82) is 0 Å². The molecule has 0 heterocycles. The van der Waals surface area contributed by atoms with E-state index < -0.39 is 11.9 Å². The van der Waals surface area contributed by atoms with E-state index in [1.54, 1.807) is 6.07 Å². The van der Waals surface area contributed by atoms with E-state index in [2.05, 4.69) is 5.32 Å². The third kappa shape index (κ3) is 4.09. The second-order valence-corrected chi connectivity index (χ2v) is 4.06. The number of rotatable bonds is 3. The second-order valence-electron chi connectivity index (χ2n) is 3.25. The predicted molar refractivity (Wildman–Crippen MR) is 66.5 cm³/mol. The minimum absolute atomic E-state index is 0.0866. The summed E-state index contributed by atoms with van der Waals surface area (Å²) >= 11 is 11.5. The van der Waals surface area contributed by atoms with Crippen LogP contribution in [0.3, 0.4) is 0 Å². The molecule has 0 saturated carbocycles. The Bertz CT molecular complexity index is 497. The molecule has 1 aromatic rings. The highest BCUT2D eigenvalue weighted by atomic mass is 35.5. The van der Waals surface area contributed by atoms with Gasteiger partial charge in [-0.05, 0) is 25.1 Å². The molecule has 2 N–H and O–H groups in total. The van der Waals surface area contributed by atoms with Gasteiger partial charge in [-0.25, -0.2) is 4.79 Å². The Hall–Kier alpha value is -1.52. The monoisotopic (exact) mass is 273 g/mol. The maximum absolute atomic E-state index is 11.5. The number of carbonyl (C=O) groups excluding carboxylic acids is 1. The summed E-state index contributed by atoms with van der Waals surface area (Å²) in [5.41, 5.74) is 0.533. The summed E-state index contributed by atoms with van der Waals surface area (Å²) in [4.78, 5) is 21.9. The average molecular weight is 274 g/mol. The molecule has 90 valence electrons. The van der Waals surface area contributed by atoms with E-state index in [4.69, 9.17) is 28.3 Å². The molecule has 0 atom stereocenters. The fourth-order valence-electron chi connectivity index (χ4n) is 1.05. The highest BCUT2D eigenvalue weighted by Gasteiger charge is 2.07. The lowest BCUT2D eigenvalue weighted by Crippen LogP contribution is -2.13. The van der Waals surface area contributed by atoms with Crippen molar-refractivity contribution in [3.8, 4) is 0 Å². The lowest BCUT2D eigenvalue weighted by molar-refractivity contribution is -0.131. The molecule has 1 amide bonds. The Morgan fingerprint density at radius 3 is 2.47 bits per heavy atom. The number of benzene rings is 1. The van der Waals surface area contributed by atoms with Crippen LogP contribution in [0.5, 0.6) is 0 Å². The summed E-state index contributed by atoms with van der Waals surface area (Å²) < 4.78 is 0. The topological polar surface area (TPSA) is 66.4 Å². The molecule has 0 spiro atoms. The number of carboxylic acid groups (broad SMARTS) is 1. The number of nitrogens with one attached hydrogen (secondary N) is 1. The molecule has 0 fully saturated rings. The van der Waals surface area contributed by atoms with Crippen LogP contribution in [0.1, 0.15) is 6.92 Å². The molecule has 0 aliphatic rings. The summed E-state index contributed by atoms with van der Waals surface area (Å²) in [6.07, 6.45) is 0.826. The quantitative estimate of drug-likeness (QED) is 0.833.